The minimum absolute atomic E-state index is 0.259. The van der Waals surface area contributed by atoms with Gasteiger partial charge in [0.25, 0.3) is 0 Å². The molecule has 1 aromatic carbocycles. The van der Waals surface area contributed by atoms with Gasteiger partial charge in [-0.25, -0.2) is 0 Å². The van der Waals surface area contributed by atoms with Gasteiger partial charge in [-0.3, -0.25) is 4.79 Å². The molecule has 0 aliphatic heterocycles. The van der Waals surface area contributed by atoms with Crippen LogP contribution in [-0.4, -0.2) is 13.4 Å². The van der Waals surface area contributed by atoms with Crippen molar-refractivity contribution in [3.63, 3.8) is 0 Å². The molecule has 22 heavy (non-hydrogen) atoms. The summed E-state index contributed by atoms with van der Waals surface area (Å²) in [6.45, 7) is 13.4. The van der Waals surface area contributed by atoms with Gasteiger partial charge in [0, 0.05) is 5.56 Å². The summed E-state index contributed by atoms with van der Waals surface area (Å²) in [4.78, 5) is 11.7. The number of hydrogen-bond acceptors (Lipinski definition) is 2. The molecule has 0 aromatic heterocycles. The van der Waals surface area contributed by atoms with Gasteiger partial charge in [-0.2, -0.15) is 0 Å². The zero-order valence-corrected chi connectivity index (χ0v) is 15.4. The van der Waals surface area contributed by atoms with Crippen molar-refractivity contribution in [3.05, 3.63) is 28.8 Å². The van der Waals surface area contributed by atoms with Gasteiger partial charge in [0.05, 0.1) is 7.11 Å². The maximum absolute atomic E-state index is 11.7. The van der Waals surface area contributed by atoms with E-state index in [1.165, 1.54) is 0 Å². The van der Waals surface area contributed by atoms with Crippen LogP contribution in [0.4, 0.5) is 0 Å². The lowest BCUT2D eigenvalue weighted by molar-refractivity contribution is 0.112. The molecule has 0 radical (unpaired) electrons. The number of benzene rings is 1. The monoisotopic (exact) mass is 304 g/mol. The van der Waals surface area contributed by atoms with Gasteiger partial charge in [-0.15, -0.1) is 0 Å². The molecular formula is C20H32O2. The van der Waals surface area contributed by atoms with E-state index >= 15 is 0 Å². The first-order chi connectivity index (χ1) is 10.1. The van der Waals surface area contributed by atoms with Crippen LogP contribution in [0.15, 0.2) is 12.1 Å². The summed E-state index contributed by atoms with van der Waals surface area (Å²) >= 11 is 0. The number of methoxy groups -OCH3 is 1. The van der Waals surface area contributed by atoms with E-state index in [1.54, 1.807) is 7.11 Å². The largest absolute Gasteiger partial charge is 0.497 e. The molecule has 0 saturated carbocycles. The molecule has 0 saturated heterocycles. The Morgan fingerprint density at radius 2 is 1.32 bits per heavy atom. The zero-order valence-electron chi connectivity index (χ0n) is 15.4. The van der Waals surface area contributed by atoms with E-state index in [9.17, 15) is 4.79 Å². The van der Waals surface area contributed by atoms with Crippen LogP contribution >= 0.6 is 0 Å². The third kappa shape index (κ3) is 6.21. The van der Waals surface area contributed by atoms with Gasteiger partial charge in [0.2, 0.25) is 0 Å². The summed E-state index contributed by atoms with van der Waals surface area (Å²) in [6.07, 6.45) is 4.96. The van der Waals surface area contributed by atoms with E-state index in [2.05, 4.69) is 41.5 Å². The Morgan fingerprint density at radius 3 is 1.59 bits per heavy atom. The Kier molecular flexibility index (Phi) is 6.22. The summed E-state index contributed by atoms with van der Waals surface area (Å²) in [6, 6.07) is 4.05. The number of ether oxygens (including phenoxy) is 1. The van der Waals surface area contributed by atoms with Crippen LogP contribution in [0.25, 0.3) is 0 Å². The van der Waals surface area contributed by atoms with Crippen LogP contribution in [0.5, 0.6) is 5.75 Å². The SMILES string of the molecule is COc1cc(CCC(C)(C)C)c(C=O)c(CCC(C)(C)C)c1. The molecule has 1 rings (SSSR count). The minimum atomic E-state index is 0.259. The lowest BCUT2D eigenvalue weighted by Crippen LogP contribution is -2.11. The smallest absolute Gasteiger partial charge is 0.150 e. The van der Waals surface area contributed by atoms with Crippen molar-refractivity contribution in [3.8, 4) is 5.75 Å². The van der Waals surface area contributed by atoms with Crippen molar-refractivity contribution in [1.29, 1.82) is 0 Å². The zero-order chi connectivity index (χ0) is 17.0. The summed E-state index contributed by atoms with van der Waals surface area (Å²) < 4.78 is 5.44. The van der Waals surface area contributed by atoms with E-state index in [1.807, 2.05) is 12.1 Å². The Labute approximate surface area is 136 Å². The van der Waals surface area contributed by atoms with E-state index in [4.69, 9.17) is 4.74 Å². The molecule has 1 aromatic rings. The second-order valence-electron chi connectivity index (χ2n) is 8.60. The van der Waals surface area contributed by atoms with Crippen molar-refractivity contribution in [2.45, 2.75) is 67.2 Å². The van der Waals surface area contributed by atoms with Crippen molar-refractivity contribution in [2.24, 2.45) is 10.8 Å². The van der Waals surface area contributed by atoms with Crippen molar-refractivity contribution in [2.75, 3.05) is 7.11 Å². The van der Waals surface area contributed by atoms with E-state index < -0.39 is 0 Å². The van der Waals surface area contributed by atoms with Crippen LogP contribution in [0.1, 0.15) is 75.9 Å². The molecule has 0 spiro atoms. The third-order valence-electron chi connectivity index (χ3n) is 3.97. The first-order valence-electron chi connectivity index (χ1n) is 8.21. The van der Waals surface area contributed by atoms with E-state index in [0.717, 1.165) is 54.4 Å². The molecule has 0 N–H and O–H groups in total. The van der Waals surface area contributed by atoms with Crippen LogP contribution in [0.3, 0.4) is 0 Å². The van der Waals surface area contributed by atoms with Crippen LogP contribution in [0, 0.1) is 10.8 Å². The maximum atomic E-state index is 11.7. The summed E-state index contributed by atoms with van der Waals surface area (Å²) in [5.41, 5.74) is 3.62. The summed E-state index contributed by atoms with van der Waals surface area (Å²) in [5.74, 6) is 0.860. The number of aldehydes is 1. The van der Waals surface area contributed by atoms with Crippen LogP contribution < -0.4 is 4.74 Å². The van der Waals surface area contributed by atoms with Crippen LogP contribution in [0.2, 0.25) is 0 Å². The molecule has 0 atom stereocenters. The maximum Gasteiger partial charge on any atom is 0.150 e. The average Bonchev–Trinajstić information content (AvgIpc) is 2.40. The molecule has 0 heterocycles. The fourth-order valence-electron chi connectivity index (χ4n) is 2.45. The fourth-order valence-corrected chi connectivity index (χ4v) is 2.45. The highest BCUT2D eigenvalue weighted by Gasteiger charge is 2.17. The first-order valence-corrected chi connectivity index (χ1v) is 8.21. The Morgan fingerprint density at radius 1 is 0.909 bits per heavy atom. The quantitative estimate of drug-likeness (QED) is 0.652. The molecule has 0 bridgehead atoms. The normalized spacial score (nSPS) is 12.3. The van der Waals surface area contributed by atoms with Gasteiger partial charge >= 0.3 is 0 Å². The fraction of sp³-hybridized carbons (Fsp3) is 0.650. The van der Waals surface area contributed by atoms with Gasteiger partial charge in [-0.1, -0.05) is 41.5 Å². The second-order valence-corrected chi connectivity index (χ2v) is 8.60. The lowest BCUT2D eigenvalue weighted by Gasteiger charge is -2.21. The number of carbonyl (C=O) groups excluding carboxylic acids is 1. The molecule has 0 fully saturated rings. The standard InChI is InChI=1S/C20H32O2/c1-19(2,3)10-8-15-12-17(22-7)13-16(18(15)14-21)9-11-20(4,5)6/h12-14H,8-11H2,1-7H3. The van der Waals surface area contributed by atoms with Crippen molar-refractivity contribution >= 4 is 6.29 Å². The average molecular weight is 304 g/mol. The number of hydrogen-bond donors (Lipinski definition) is 0. The predicted molar refractivity (Wildman–Crippen MR) is 93.9 cm³/mol. The van der Waals surface area contributed by atoms with Crippen molar-refractivity contribution < 1.29 is 9.53 Å². The molecule has 0 aliphatic rings. The van der Waals surface area contributed by atoms with Gasteiger partial charge in [0.15, 0.2) is 6.29 Å². The highest BCUT2D eigenvalue weighted by molar-refractivity contribution is 5.80. The van der Waals surface area contributed by atoms with Gasteiger partial charge < -0.3 is 4.74 Å². The van der Waals surface area contributed by atoms with Crippen LogP contribution in [-0.2, 0) is 12.8 Å². The van der Waals surface area contributed by atoms with E-state index in [-0.39, 0.29) is 10.8 Å². The Hall–Kier alpha value is -1.31. The highest BCUT2D eigenvalue weighted by Crippen LogP contribution is 2.29. The molecule has 2 heteroatoms. The highest BCUT2D eigenvalue weighted by atomic mass is 16.5. The van der Waals surface area contributed by atoms with Crippen molar-refractivity contribution in [1.82, 2.24) is 0 Å². The van der Waals surface area contributed by atoms with E-state index in [0.29, 0.717) is 0 Å². The van der Waals surface area contributed by atoms with Gasteiger partial charge in [-0.05, 0) is 59.8 Å². The minimum Gasteiger partial charge on any atom is -0.497 e. The molecule has 2 nitrogen and oxygen atoms in total. The van der Waals surface area contributed by atoms with Gasteiger partial charge in [0.1, 0.15) is 5.75 Å². The topological polar surface area (TPSA) is 26.3 Å². The molecule has 124 valence electrons. The summed E-state index contributed by atoms with van der Waals surface area (Å²) in [7, 11) is 1.69. The third-order valence-corrected chi connectivity index (χ3v) is 3.97. The Bertz CT molecular complexity index is 462. The molecule has 0 amide bonds. The number of aryl methyl sites for hydroxylation is 2. The molecule has 0 aliphatic carbocycles. The second kappa shape index (κ2) is 7.30. The predicted octanol–water partition coefficient (Wildman–Crippen LogP) is 5.47. The number of rotatable bonds is 6. The molecular weight excluding hydrogens is 272 g/mol. The number of carbonyl (C=O) groups is 1. The summed E-state index contributed by atoms with van der Waals surface area (Å²) in [5, 5.41) is 0. The molecule has 0 unspecified atom stereocenters. The lowest BCUT2D eigenvalue weighted by atomic mass is 9.84. The first kappa shape index (κ1) is 18.7. The Balaban J connectivity index is 3.11.